The highest BCUT2D eigenvalue weighted by atomic mass is 32.1. The fourth-order valence-corrected chi connectivity index (χ4v) is 3.09. The topological polar surface area (TPSA) is 82.4 Å². The lowest BCUT2D eigenvalue weighted by Gasteiger charge is -2.12. The molecule has 2 heterocycles. The highest BCUT2D eigenvalue weighted by Crippen LogP contribution is 2.26. The maximum absolute atomic E-state index is 12.3. The number of benzene rings is 1. The van der Waals surface area contributed by atoms with Gasteiger partial charge in [0, 0.05) is 13.0 Å². The van der Waals surface area contributed by atoms with Crippen LogP contribution in [-0.4, -0.2) is 20.4 Å². The Balaban J connectivity index is 1.93. The number of hydrazone groups is 1. The standard InChI is InChI=1S/C17H20N4O2S/c1-2-3-9-21-16(23)14(15(22)18-17(21)24)13-10-12(19-20-13)11-7-5-4-6-8-11/h4-8,12,19,23H,2-3,9-10H2,1H3,(H,18,22,24)/t12-/m1/s1. The summed E-state index contributed by atoms with van der Waals surface area (Å²) in [7, 11) is 0. The summed E-state index contributed by atoms with van der Waals surface area (Å²) in [5.41, 5.74) is 4.47. The van der Waals surface area contributed by atoms with Crippen LogP contribution in [0, 0.1) is 4.77 Å². The average Bonchev–Trinajstić information content (AvgIpc) is 3.05. The first-order valence-electron chi connectivity index (χ1n) is 8.05. The summed E-state index contributed by atoms with van der Waals surface area (Å²) in [6, 6.07) is 9.89. The van der Waals surface area contributed by atoms with Gasteiger partial charge < -0.3 is 10.5 Å². The van der Waals surface area contributed by atoms with E-state index in [9.17, 15) is 9.90 Å². The molecule has 126 valence electrons. The van der Waals surface area contributed by atoms with E-state index in [1.54, 1.807) is 4.57 Å². The predicted octanol–water partition coefficient (Wildman–Crippen LogP) is 2.85. The van der Waals surface area contributed by atoms with Gasteiger partial charge in [0.05, 0.1) is 11.8 Å². The molecule has 0 aliphatic carbocycles. The highest BCUT2D eigenvalue weighted by molar-refractivity contribution is 7.71. The van der Waals surface area contributed by atoms with E-state index >= 15 is 0 Å². The summed E-state index contributed by atoms with van der Waals surface area (Å²) >= 11 is 5.17. The van der Waals surface area contributed by atoms with E-state index in [0.717, 1.165) is 18.4 Å². The van der Waals surface area contributed by atoms with Gasteiger partial charge in [0.15, 0.2) is 4.77 Å². The largest absolute Gasteiger partial charge is 0.494 e. The van der Waals surface area contributed by atoms with Crippen molar-refractivity contribution in [1.29, 1.82) is 0 Å². The number of aromatic hydroxyl groups is 1. The molecule has 6 nitrogen and oxygen atoms in total. The number of nitrogens with zero attached hydrogens (tertiary/aromatic N) is 2. The van der Waals surface area contributed by atoms with E-state index in [4.69, 9.17) is 12.2 Å². The van der Waals surface area contributed by atoms with Crippen molar-refractivity contribution in [1.82, 2.24) is 15.0 Å². The van der Waals surface area contributed by atoms with Gasteiger partial charge in [-0.3, -0.25) is 14.3 Å². The Bertz CT molecular complexity index is 870. The average molecular weight is 344 g/mol. The number of aromatic nitrogens is 2. The molecular formula is C17H20N4O2S. The van der Waals surface area contributed by atoms with Crippen molar-refractivity contribution in [3.63, 3.8) is 0 Å². The van der Waals surface area contributed by atoms with Crippen molar-refractivity contribution in [3.8, 4) is 5.88 Å². The Morgan fingerprint density at radius 3 is 2.83 bits per heavy atom. The van der Waals surface area contributed by atoms with Crippen LogP contribution in [0.3, 0.4) is 0 Å². The van der Waals surface area contributed by atoms with Gasteiger partial charge in [-0.2, -0.15) is 5.10 Å². The minimum absolute atomic E-state index is 0.00716. The fraction of sp³-hybridized carbons (Fsp3) is 0.353. The summed E-state index contributed by atoms with van der Waals surface area (Å²) in [4.78, 5) is 15.0. The van der Waals surface area contributed by atoms with Crippen molar-refractivity contribution >= 4 is 17.9 Å². The van der Waals surface area contributed by atoms with Gasteiger partial charge in [-0.05, 0) is 24.2 Å². The lowest BCUT2D eigenvalue weighted by atomic mass is 10.0. The summed E-state index contributed by atoms with van der Waals surface area (Å²) in [6.07, 6.45) is 2.37. The monoisotopic (exact) mass is 344 g/mol. The third-order valence-corrected chi connectivity index (χ3v) is 4.47. The van der Waals surface area contributed by atoms with Crippen LogP contribution < -0.4 is 11.0 Å². The molecule has 0 unspecified atom stereocenters. The van der Waals surface area contributed by atoms with Crippen LogP contribution in [0.15, 0.2) is 40.2 Å². The van der Waals surface area contributed by atoms with Gasteiger partial charge >= 0.3 is 0 Å². The van der Waals surface area contributed by atoms with E-state index in [0.29, 0.717) is 18.7 Å². The Morgan fingerprint density at radius 1 is 1.38 bits per heavy atom. The molecule has 1 atom stereocenters. The Labute approximate surface area is 144 Å². The number of unbranched alkanes of at least 4 members (excludes halogenated alkanes) is 1. The van der Waals surface area contributed by atoms with Crippen LogP contribution in [0.25, 0.3) is 0 Å². The molecule has 0 saturated carbocycles. The third-order valence-electron chi connectivity index (χ3n) is 4.15. The Morgan fingerprint density at radius 2 is 2.12 bits per heavy atom. The summed E-state index contributed by atoms with van der Waals surface area (Å²) < 4.78 is 1.80. The minimum atomic E-state index is -0.403. The quantitative estimate of drug-likeness (QED) is 0.729. The van der Waals surface area contributed by atoms with Gasteiger partial charge in [-0.1, -0.05) is 43.7 Å². The number of hydrogen-bond donors (Lipinski definition) is 3. The van der Waals surface area contributed by atoms with E-state index in [2.05, 4.69) is 22.4 Å². The van der Waals surface area contributed by atoms with Crippen molar-refractivity contribution in [3.05, 3.63) is 56.6 Å². The molecule has 0 spiro atoms. The first-order valence-corrected chi connectivity index (χ1v) is 8.46. The number of rotatable bonds is 5. The number of H-pyrrole nitrogens is 1. The second-order valence-electron chi connectivity index (χ2n) is 5.82. The first-order chi connectivity index (χ1) is 11.6. The molecule has 7 heteroatoms. The van der Waals surface area contributed by atoms with Gasteiger partial charge in [-0.15, -0.1) is 0 Å². The molecule has 0 radical (unpaired) electrons. The molecule has 0 amide bonds. The van der Waals surface area contributed by atoms with Gasteiger partial charge in [0.1, 0.15) is 5.56 Å². The second kappa shape index (κ2) is 7.00. The molecule has 3 rings (SSSR count). The fourth-order valence-electron chi connectivity index (χ4n) is 2.82. The molecule has 0 fully saturated rings. The zero-order valence-electron chi connectivity index (χ0n) is 13.5. The minimum Gasteiger partial charge on any atom is -0.494 e. The van der Waals surface area contributed by atoms with E-state index in [1.807, 2.05) is 30.3 Å². The highest BCUT2D eigenvalue weighted by Gasteiger charge is 2.26. The normalized spacial score (nSPS) is 16.7. The molecule has 1 aliphatic rings. The third kappa shape index (κ3) is 3.12. The van der Waals surface area contributed by atoms with E-state index in [1.165, 1.54) is 0 Å². The van der Waals surface area contributed by atoms with Crippen molar-refractivity contribution in [2.45, 2.75) is 38.8 Å². The molecule has 0 saturated heterocycles. The lowest BCUT2D eigenvalue weighted by molar-refractivity contribution is 0.398. The van der Waals surface area contributed by atoms with E-state index in [-0.39, 0.29) is 22.3 Å². The lowest BCUT2D eigenvalue weighted by Crippen LogP contribution is -2.22. The zero-order valence-corrected chi connectivity index (χ0v) is 14.3. The maximum Gasteiger partial charge on any atom is 0.264 e. The van der Waals surface area contributed by atoms with E-state index < -0.39 is 5.56 Å². The van der Waals surface area contributed by atoms with Crippen LogP contribution in [0.4, 0.5) is 0 Å². The summed E-state index contributed by atoms with van der Waals surface area (Å²) in [5.74, 6) is -0.105. The molecular weight excluding hydrogens is 324 g/mol. The van der Waals surface area contributed by atoms with Gasteiger partial charge in [-0.25, -0.2) is 0 Å². The summed E-state index contributed by atoms with van der Waals surface area (Å²) in [6.45, 7) is 2.62. The number of hydrogen-bond acceptors (Lipinski definition) is 5. The van der Waals surface area contributed by atoms with Gasteiger partial charge in [0.25, 0.3) is 5.56 Å². The van der Waals surface area contributed by atoms with Crippen molar-refractivity contribution in [2.24, 2.45) is 5.10 Å². The molecule has 2 aromatic rings. The SMILES string of the molecule is CCCCn1c(O)c(C2=NN[C@@H](c3ccccc3)C2)c(=O)[nH]c1=S. The Kier molecular flexibility index (Phi) is 4.80. The van der Waals surface area contributed by atoms with Crippen molar-refractivity contribution in [2.75, 3.05) is 0 Å². The zero-order chi connectivity index (χ0) is 17.1. The summed E-state index contributed by atoms with van der Waals surface area (Å²) in [5, 5.41) is 14.8. The van der Waals surface area contributed by atoms with Gasteiger partial charge in [0.2, 0.25) is 5.88 Å². The molecule has 1 aromatic heterocycles. The Hall–Kier alpha value is -2.41. The van der Waals surface area contributed by atoms with Crippen LogP contribution in [0.5, 0.6) is 5.88 Å². The molecule has 0 bridgehead atoms. The first kappa shape index (κ1) is 16.4. The number of nitrogens with one attached hydrogen (secondary N) is 2. The molecule has 1 aliphatic heterocycles. The van der Waals surface area contributed by atoms with Crippen LogP contribution in [0.2, 0.25) is 0 Å². The molecule has 1 aromatic carbocycles. The maximum atomic E-state index is 12.3. The number of aromatic amines is 1. The van der Waals surface area contributed by atoms with Crippen LogP contribution >= 0.6 is 12.2 Å². The molecule has 24 heavy (non-hydrogen) atoms. The second-order valence-corrected chi connectivity index (χ2v) is 6.20. The van der Waals surface area contributed by atoms with Crippen LogP contribution in [-0.2, 0) is 6.54 Å². The predicted molar refractivity (Wildman–Crippen MR) is 95.9 cm³/mol. The smallest absolute Gasteiger partial charge is 0.264 e. The van der Waals surface area contributed by atoms with Crippen LogP contribution in [0.1, 0.15) is 43.4 Å². The van der Waals surface area contributed by atoms with Crippen molar-refractivity contribution < 1.29 is 5.11 Å². The molecule has 3 N–H and O–H groups in total.